The number of esters is 6. The van der Waals surface area contributed by atoms with Gasteiger partial charge in [-0.25, -0.2) is 14.4 Å². The summed E-state index contributed by atoms with van der Waals surface area (Å²) in [5, 5.41) is 0. The first kappa shape index (κ1) is 76.2. The molecule has 6 bridgehead atoms. The molecule has 0 spiro atoms. The zero-order chi connectivity index (χ0) is 77.7. The monoisotopic (exact) mass is 1560 g/mol. The summed E-state index contributed by atoms with van der Waals surface area (Å²) < 4.78 is 50.9. The van der Waals surface area contributed by atoms with Crippen LogP contribution in [-0.4, -0.2) is 92.3 Å². The molecule has 6 saturated carbocycles. The van der Waals surface area contributed by atoms with Gasteiger partial charge in [0.25, 0.3) is 0 Å². The normalized spacial score (nSPS) is 25.6. The molecule has 18 rings (SSSR count). The lowest BCUT2D eigenvalue weighted by Crippen LogP contribution is -2.37. The van der Waals surface area contributed by atoms with E-state index >= 15 is 0 Å². The molecular weight excluding hydrogens is 1470 g/mol. The third-order valence-corrected chi connectivity index (χ3v) is 30.4. The molecule has 15 atom stereocenters. The van der Waals surface area contributed by atoms with E-state index in [-0.39, 0.29) is 171 Å². The summed E-state index contributed by atoms with van der Waals surface area (Å²) in [6.45, 7) is 17.1. The largest absolute Gasteiger partial charge is 0.482 e. The molecular formula is C94H95O15S3+3. The highest BCUT2D eigenvalue weighted by Gasteiger charge is 2.66. The van der Waals surface area contributed by atoms with Gasteiger partial charge in [0, 0.05) is 35.5 Å². The van der Waals surface area contributed by atoms with E-state index in [0.717, 1.165) is 38.5 Å². The van der Waals surface area contributed by atoms with Crippen molar-refractivity contribution < 1.29 is 71.4 Å². The second-order valence-corrected chi connectivity index (χ2v) is 39.2. The maximum Gasteiger partial charge on any atom is 0.344 e. The zero-order valence-electron chi connectivity index (χ0n) is 64.3. The Bertz CT molecular complexity index is 4730. The Morgan fingerprint density at radius 2 is 0.554 bits per heavy atom. The van der Waals surface area contributed by atoms with E-state index in [2.05, 4.69) is 237 Å². The van der Waals surface area contributed by atoms with Crippen molar-refractivity contribution in [1.82, 2.24) is 0 Å². The van der Waals surface area contributed by atoms with E-state index in [9.17, 15) is 28.8 Å². The SMILES string of the molecule is CC(C)(C)c1ccc([S+](c2ccc(OCC(=O)OC3C4CC5C(=O)OC3C5C4)cc2)c2ccc(C(C)(C)C)cc2)cc1.Cc1ccc([S+](c2ccc(C)cc2)c2ccc(OCC(=O)OC3C4CC5C(=O)OC3C5C4)cc2)cc1.O=C(COc1ccc([S+](c2ccccc2)c2ccccc2)cc1)OC1C2CC3C(=O)OC1C3C2. The Morgan fingerprint density at radius 3 is 0.804 bits per heavy atom. The number of rotatable bonds is 21. The number of fused-ring (bicyclic) bond motifs is 3. The van der Waals surface area contributed by atoms with Gasteiger partial charge in [-0.1, -0.05) is 138 Å². The molecule has 9 fully saturated rings. The highest BCUT2D eigenvalue weighted by molar-refractivity contribution is 7.97. The first-order valence-corrected chi connectivity index (χ1v) is 42.8. The lowest BCUT2D eigenvalue weighted by Gasteiger charge is -2.25. The van der Waals surface area contributed by atoms with Gasteiger partial charge in [-0.15, -0.1) is 0 Å². The van der Waals surface area contributed by atoms with E-state index in [0.29, 0.717) is 17.2 Å². The van der Waals surface area contributed by atoms with Crippen molar-refractivity contribution in [2.24, 2.45) is 53.3 Å². The Labute approximate surface area is 664 Å². The van der Waals surface area contributed by atoms with Gasteiger partial charge >= 0.3 is 35.8 Å². The minimum absolute atomic E-state index is 0.00195. The highest BCUT2D eigenvalue weighted by Crippen LogP contribution is 2.58. The van der Waals surface area contributed by atoms with Crippen molar-refractivity contribution in [3.8, 4) is 17.2 Å². The molecule has 0 aromatic heterocycles. The number of carbonyl (C=O) groups excluding carboxylic acids is 6. The molecule has 0 N–H and O–H groups in total. The number of hydrogen-bond acceptors (Lipinski definition) is 15. The molecule has 3 saturated heterocycles. The molecule has 6 aliphatic carbocycles. The van der Waals surface area contributed by atoms with Crippen molar-refractivity contribution in [2.45, 2.75) is 185 Å². The predicted molar refractivity (Wildman–Crippen MR) is 426 cm³/mol. The maximum absolute atomic E-state index is 12.7. The van der Waals surface area contributed by atoms with Crippen LogP contribution >= 0.6 is 0 Å². The van der Waals surface area contributed by atoms with Gasteiger partial charge in [-0.3, -0.25) is 14.4 Å². The van der Waals surface area contributed by atoms with Crippen molar-refractivity contribution in [2.75, 3.05) is 19.8 Å². The topological polar surface area (TPSA) is 185 Å². The number of aryl methyl sites for hydroxylation is 2. The van der Waals surface area contributed by atoms with Gasteiger partial charge in [0.15, 0.2) is 63.9 Å². The first-order valence-electron chi connectivity index (χ1n) is 39.1. The third-order valence-electron chi connectivity index (χ3n) is 23.7. The molecule has 576 valence electrons. The summed E-state index contributed by atoms with van der Waals surface area (Å²) >= 11 is 0. The Morgan fingerprint density at radius 1 is 0.321 bits per heavy atom. The molecule has 9 aromatic carbocycles. The van der Waals surface area contributed by atoms with Crippen molar-refractivity contribution in [3.05, 3.63) is 253 Å². The number of benzene rings is 9. The van der Waals surface area contributed by atoms with Crippen molar-refractivity contribution >= 4 is 68.5 Å². The smallest absolute Gasteiger partial charge is 0.344 e. The number of carbonyl (C=O) groups is 6. The summed E-state index contributed by atoms with van der Waals surface area (Å²) in [7, 11) is -0.785. The first-order chi connectivity index (χ1) is 54.0. The third kappa shape index (κ3) is 16.2. The number of ether oxygens (including phenoxy) is 9. The molecule has 9 aromatic rings. The highest BCUT2D eigenvalue weighted by atomic mass is 32.2. The van der Waals surface area contributed by atoms with Crippen LogP contribution in [0.25, 0.3) is 0 Å². The fourth-order valence-electron chi connectivity index (χ4n) is 18.1. The average Bonchev–Trinajstić information content (AvgIpc) is 1.57. The second-order valence-electron chi connectivity index (χ2n) is 33.1. The van der Waals surface area contributed by atoms with Gasteiger partial charge in [0.2, 0.25) is 0 Å². The molecule has 15 unspecified atom stereocenters. The summed E-state index contributed by atoms with van der Waals surface area (Å²) in [6.07, 6.45) is 3.20. The van der Waals surface area contributed by atoms with E-state index < -0.39 is 17.9 Å². The Kier molecular flexibility index (Phi) is 21.8. The van der Waals surface area contributed by atoms with Gasteiger partial charge < -0.3 is 42.6 Å². The van der Waals surface area contributed by atoms with Gasteiger partial charge in [0.05, 0.1) is 50.4 Å². The van der Waals surface area contributed by atoms with Crippen molar-refractivity contribution in [3.63, 3.8) is 0 Å². The van der Waals surface area contributed by atoms with E-state index in [1.54, 1.807) is 0 Å². The molecule has 0 radical (unpaired) electrons. The average molecular weight is 1560 g/mol. The van der Waals surface area contributed by atoms with Gasteiger partial charge in [-0.05, 0) is 220 Å². The molecule has 0 amide bonds. The maximum atomic E-state index is 12.7. The fourth-order valence-corrected chi connectivity index (χ4v) is 24.2. The second kappa shape index (κ2) is 32.0. The number of hydrogen-bond donors (Lipinski definition) is 0. The lowest BCUT2D eigenvalue weighted by molar-refractivity contribution is -0.163. The minimum Gasteiger partial charge on any atom is -0.482 e. The molecule has 3 aliphatic heterocycles. The van der Waals surface area contributed by atoms with Gasteiger partial charge in [0.1, 0.15) is 53.9 Å². The van der Waals surface area contributed by atoms with Crippen LogP contribution < -0.4 is 14.2 Å². The van der Waals surface area contributed by atoms with Crippen LogP contribution in [0.2, 0.25) is 0 Å². The van der Waals surface area contributed by atoms with E-state index in [1.807, 2.05) is 48.5 Å². The summed E-state index contributed by atoms with van der Waals surface area (Å²) in [5.41, 5.74) is 5.27. The van der Waals surface area contributed by atoms with Crippen LogP contribution in [0.5, 0.6) is 17.2 Å². The van der Waals surface area contributed by atoms with Gasteiger partial charge in [-0.2, -0.15) is 0 Å². The standard InChI is InChI=1S/C36H41O5S.C30H29O5S.C28H25O5S/c1-35(2,3)23-7-13-26(14-8-23)42(27-15-9-24(10-16-27)36(4,5)6)28-17-11-25(12-18-28)39-21-31(37)40-32-22-19-29-30(20-22)34(38)41-33(29)32;1-18-3-9-22(10-4-18)36(23-11-5-19(2)6-12-23)24-13-7-21(8-14-24)33-17-27(31)34-28-20-15-25-26(16-20)30(32)35-29(25)28;29-25(32-26-18-15-23-24(16-18)28(30)33-27(23)26)17-31-19-11-13-22(14-12-19)34(20-7-3-1-4-8-20)21-9-5-2-6-10-21/h7-18,22,29-30,32-33H,19-21H2,1-6H3;3-14,20,25-26,28-29H,15-17H2,1-2H3;1-14,18,23-24,26-27H,15-17H2/q3*+1. The summed E-state index contributed by atoms with van der Waals surface area (Å²) in [6, 6.07) is 80.1. The zero-order valence-corrected chi connectivity index (χ0v) is 66.8. The molecule has 9 aliphatic rings. The quantitative estimate of drug-likeness (QED) is 0.0375. The molecule has 112 heavy (non-hydrogen) atoms. The minimum atomic E-state index is -0.422. The Hall–Kier alpha value is -9.75. The predicted octanol–water partition coefficient (Wildman–Crippen LogP) is 17.2. The van der Waals surface area contributed by atoms with Crippen LogP contribution in [0.4, 0.5) is 0 Å². The fraction of sp³-hybridized carbons (Fsp3) is 0.362. The van der Waals surface area contributed by atoms with Crippen LogP contribution in [0.15, 0.2) is 275 Å². The van der Waals surface area contributed by atoms with Crippen LogP contribution in [0.1, 0.15) is 102 Å². The van der Waals surface area contributed by atoms with Crippen molar-refractivity contribution in [1.29, 1.82) is 0 Å². The van der Waals surface area contributed by atoms with Crippen LogP contribution in [0, 0.1) is 67.1 Å². The van der Waals surface area contributed by atoms with E-state index in [4.69, 9.17) is 42.6 Å². The summed E-state index contributed by atoms with van der Waals surface area (Å²) in [5.74, 6) is 1.52. The molecule has 15 nitrogen and oxygen atoms in total. The molecule has 3 heterocycles. The summed E-state index contributed by atoms with van der Waals surface area (Å²) in [4.78, 5) is 84.5. The molecule has 18 heteroatoms. The lowest BCUT2D eigenvalue weighted by atomic mass is 9.87. The van der Waals surface area contributed by atoms with E-state index in [1.165, 1.54) is 66.3 Å². The Balaban J connectivity index is 0.000000128. The van der Waals surface area contributed by atoms with Crippen LogP contribution in [-0.2, 0) is 101 Å². The van der Waals surface area contributed by atoms with Crippen LogP contribution in [0.3, 0.4) is 0 Å².